The van der Waals surface area contributed by atoms with E-state index in [2.05, 4.69) is 5.32 Å². The van der Waals surface area contributed by atoms with Crippen molar-refractivity contribution < 1.29 is 14.3 Å². The third-order valence-electron chi connectivity index (χ3n) is 3.20. The van der Waals surface area contributed by atoms with Crippen LogP contribution in [0, 0.1) is 6.92 Å². The van der Waals surface area contributed by atoms with Crippen LogP contribution in [-0.2, 0) is 9.53 Å². The summed E-state index contributed by atoms with van der Waals surface area (Å²) in [7, 11) is 0. The summed E-state index contributed by atoms with van der Waals surface area (Å²) in [6, 6.07) is 14.4. The summed E-state index contributed by atoms with van der Waals surface area (Å²) >= 11 is 0. The molecular formula is C17H13NO3. The highest BCUT2D eigenvalue weighted by molar-refractivity contribution is 6.09. The lowest BCUT2D eigenvalue weighted by atomic mass is 10.1. The molecule has 0 bridgehead atoms. The van der Waals surface area contributed by atoms with E-state index in [0.29, 0.717) is 16.8 Å². The zero-order chi connectivity index (χ0) is 14.8. The van der Waals surface area contributed by atoms with Gasteiger partial charge in [-0.3, -0.25) is 4.79 Å². The molecule has 1 amide bonds. The Balaban J connectivity index is 1.81. The van der Waals surface area contributed by atoms with Crippen LogP contribution in [0.1, 0.15) is 21.5 Å². The molecule has 0 radical (unpaired) electrons. The summed E-state index contributed by atoms with van der Waals surface area (Å²) in [5.74, 6) is -0.487. The van der Waals surface area contributed by atoms with Gasteiger partial charge in [0, 0.05) is 17.3 Å². The Bertz CT molecular complexity index is 745. The largest absolute Gasteiger partial charge is 0.422 e. The number of esters is 1. The standard InChI is InChI=1S/C17H13NO3/c1-11-6-8-12(9-7-11)18-16(19)10-15-13-4-2-3-5-14(13)17(20)21-15/h2-10H,1H3,(H,18,19)/b15-10-. The van der Waals surface area contributed by atoms with Gasteiger partial charge in [-0.2, -0.15) is 0 Å². The number of cyclic esters (lactones) is 1. The molecule has 0 aromatic heterocycles. The predicted octanol–water partition coefficient (Wildman–Crippen LogP) is 3.15. The molecule has 0 aliphatic carbocycles. The molecular weight excluding hydrogens is 266 g/mol. The van der Waals surface area contributed by atoms with Crippen LogP contribution in [0.2, 0.25) is 0 Å². The van der Waals surface area contributed by atoms with Crippen LogP contribution in [0.15, 0.2) is 54.6 Å². The van der Waals surface area contributed by atoms with Crippen molar-refractivity contribution >= 4 is 23.3 Å². The fourth-order valence-corrected chi connectivity index (χ4v) is 2.13. The van der Waals surface area contributed by atoms with E-state index in [9.17, 15) is 9.59 Å². The Labute approximate surface area is 122 Å². The van der Waals surface area contributed by atoms with E-state index < -0.39 is 5.97 Å². The molecule has 1 aliphatic rings. The topological polar surface area (TPSA) is 55.4 Å². The zero-order valence-electron chi connectivity index (χ0n) is 11.4. The molecule has 1 aliphatic heterocycles. The number of aryl methyl sites for hydroxylation is 1. The number of fused-ring (bicyclic) bond motifs is 1. The fourth-order valence-electron chi connectivity index (χ4n) is 2.13. The molecule has 4 heteroatoms. The van der Waals surface area contributed by atoms with Crippen molar-refractivity contribution in [2.24, 2.45) is 0 Å². The van der Waals surface area contributed by atoms with E-state index >= 15 is 0 Å². The van der Waals surface area contributed by atoms with Crippen molar-refractivity contribution in [3.8, 4) is 0 Å². The van der Waals surface area contributed by atoms with Crippen molar-refractivity contribution in [3.05, 3.63) is 71.3 Å². The lowest BCUT2D eigenvalue weighted by molar-refractivity contribution is -0.111. The Hall–Kier alpha value is -2.88. The van der Waals surface area contributed by atoms with Crippen molar-refractivity contribution in [2.75, 3.05) is 5.32 Å². The lowest BCUT2D eigenvalue weighted by Gasteiger charge is -2.03. The zero-order valence-corrected chi connectivity index (χ0v) is 11.4. The minimum Gasteiger partial charge on any atom is -0.422 e. The van der Waals surface area contributed by atoms with Gasteiger partial charge in [0.1, 0.15) is 5.76 Å². The smallest absolute Gasteiger partial charge is 0.344 e. The van der Waals surface area contributed by atoms with E-state index in [1.807, 2.05) is 31.2 Å². The second-order valence-electron chi connectivity index (χ2n) is 4.80. The van der Waals surface area contributed by atoms with Crippen LogP contribution in [0.5, 0.6) is 0 Å². The average molecular weight is 279 g/mol. The predicted molar refractivity (Wildman–Crippen MR) is 79.6 cm³/mol. The van der Waals surface area contributed by atoms with Gasteiger partial charge >= 0.3 is 5.97 Å². The second kappa shape index (κ2) is 5.25. The van der Waals surface area contributed by atoms with Crippen LogP contribution in [0.3, 0.4) is 0 Å². The maximum atomic E-state index is 12.0. The monoisotopic (exact) mass is 279 g/mol. The second-order valence-corrected chi connectivity index (χ2v) is 4.80. The summed E-state index contributed by atoms with van der Waals surface area (Å²) < 4.78 is 5.12. The maximum Gasteiger partial charge on any atom is 0.344 e. The van der Waals surface area contributed by atoms with Gasteiger partial charge in [-0.25, -0.2) is 4.79 Å². The minimum atomic E-state index is -0.431. The maximum absolute atomic E-state index is 12.0. The number of benzene rings is 2. The summed E-state index contributed by atoms with van der Waals surface area (Å²) in [5.41, 5.74) is 2.93. The van der Waals surface area contributed by atoms with Gasteiger partial charge in [0.25, 0.3) is 5.91 Å². The van der Waals surface area contributed by atoms with Crippen LogP contribution < -0.4 is 5.32 Å². The highest BCUT2D eigenvalue weighted by atomic mass is 16.5. The SMILES string of the molecule is Cc1ccc(NC(=O)/C=C2\OC(=O)c3ccccc32)cc1. The van der Waals surface area contributed by atoms with Gasteiger partial charge in [-0.05, 0) is 25.1 Å². The highest BCUT2D eigenvalue weighted by Crippen LogP contribution is 2.29. The molecule has 0 fully saturated rings. The van der Waals surface area contributed by atoms with Gasteiger partial charge in [-0.15, -0.1) is 0 Å². The Morgan fingerprint density at radius 2 is 1.71 bits per heavy atom. The number of hydrogen-bond donors (Lipinski definition) is 1. The molecule has 104 valence electrons. The van der Waals surface area contributed by atoms with Crippen LogP contribution in [0.4, 0.5) is 5.69 Å². The normalized spacial score (nSPS) is 14.7. The fraction of sp³-hybridized carbons (Fsp3) is 0.0588. The van der Waals surface area contributed by atoms with E-state index in [1.54, 1.807) is 24.3 Å². The molecule has 2 aromatic rings. The molecule has 4 nitrogen and oxygen atoms in total. The first-order valence-corrected chi connectivity index (χ1v) is 6.54. The van der Waals surface area contributed by atoms with Crippen LogP contribution >= 0.6 is 0 Å². The summed E-state index contributed by atoms with van der Waals surface area (Å²) in [6.07, 6.45) is 1.30. The Morgan fingerprint density at radius 1 is 1.05 bits per heavy atom. The molecule has 3 rings (SSSR count). The lowest BCUT2D eigenvalue weighted by Crippen LogP contribution is -2.08. The quantitative estimate of drug-likeness (QED) is 0.678. The van der Waals surface area contributed by atoms with Crippen LogP contribution in [-0.4, -0.2) is 11.9 Å². The minimum absolute atomic E-state index is 0.278. The molecule has 0 unspecified atom stereocenters. The van der Waals surface area contributed by atoms with Gasteiger partial charge < -0.3 is 10.1 Å². The van der Waals surface area contributed by atoms with E-state index in [1.165, 1.54) is 6.08 Å². The van der Waals surface area contributed by atoms with E-state index in [4.69, 9.17) is 4.74 Å². The van der Waals surface area contributed by atoms with E-state index in [0.717, 1.165) is 5.56 Å². The molecule has 2 aromatic carbocycles. The van der Waals surface area contributed by atoms with E-state index in [-0.39, 0.29) is 11.7 Å². The molecule has 1 heterocycles. The average Bonchev–Trinajstić information content (AvgIpc) is 2.78. The molecule has 1 N–H and O–H groups in total. The van der Waals surface area contributed by atoms with Crippen molar-refractivity contribution in [1.82, 2.24) is 0 Å². The number of rotatable bonds is 2. The summed E-state index contributed by atoms with van der Waals surface area (Å²) in [5, 5.41) is 2.74. The first kappa shape index (κ1) is 13.1. The van der Waals surface area contributed by atoms with Crippen molar-refractivity contribution in [3.63, 3.8) is 0 Å². The number of ether oxygens (including phenoxy) is 1. The third-order valence-corrected chi connectivity index (χ3v) is 3.20. The highest BCUT2D eigenvalue weighted by Gasteiger charge is 2.26. The number of carbonyl (C=O) groups excluding carboxylic acids is 2. The number of nitrogens with one attached hydrogen (secondary N) is 1. The number of anilines is 1. The van der Waals surface area contributed by atoms with Crippen molar-refractivity contribution in [1.29, 1.82) is 0 Å². The summed E-state index contributed by atoms with van der Waals surface area (Å²) in [6.45, 7) is 1.97. The van der Waals surface area contributed by atoms with Crippen LogP contribution in [0.25, 0.3) is 5.76 Å². The van der Waals surface area contributed by atoms with Gasteiger partial charge in [0.2, 0.25) is 0 Å². The molecule has 0 spiro atoms. The Kier molecular flexibility index (Phi) is 3.28. The van der Waals surface area contributed by atoms with Crippen molar-refractivity contribution in [2.45, 2.75) is 6.92 Å². The summed E-state index contributed by atoms with van der Waals surface area (Å²) in [4.78, 5) is 23.6. The molecule has 0 saturated heterocycles. The van der Waals surface area contributed by atoms with Gasteiger partial charge in [0.15, 0.2) is 0 Å². The number of carbonyl (C=O) groups is 2. The number of amides is 1. The molecule has 21 heavy (non-hydrogen) atoms. The Morgan fingerprint density at radius 3 is 2.43 bits per heavy atom. The van der Waals surface area contributed by atoms with Gasteiger partial charge in [0.05, 0.1) is 5.56 Å². The third kappa shape index (κ3) is 2.69. The van der Waals surface area contributed by atoms with Gasteiger partial charge in [-0.1, -0.05) is 35.9 Å². The first-order valence-electron chi connectivity index (χ1n) is 6.54. The molecule has 0 atom stereocenters. The first-order chi connectivity index (χ1) is 10.1. The molecule has 0 saturated carbocycles. The number of hydrogen-bond acceptors (Lipinski definition) is 3.